The maximum absolute atomic E-state index is 12.0. The van der Waals surface area contributed by atoms with Gasteiger partial charge in [-0.3, -0.25) is 4.79 Å². The number of nitrogens with zero attached hydrogens (tertiary/aromatic N) is 1. The number of rotatable bonds is 4. The Balaban J connectivity index is 1.70. The van der Waals surface area contributed by atoms with Crippen LogP contribution in [-0.2, 0) is 11.2 Å². The van der Waals surface area contributed by atoms with Crippen molar-refractivity contribution in [2.75, 3.05) is 13.1 Å². The lowest BCUT2D eigenvalue weighted by molar-refractivity contribution is -0.135. The minimum absolute atomic E-state index is 0.228. The summed E-state index contributed by atoms with van der Waals surface area (Å²) in [4.78, 5) is 13.9. The van der Waals surface area contributed by atoms with Crippen molar-refractivity contribution in [3.05, 3.63) is 35.9 Å². The van der Waals surface area contributed by atoms with Crippen LogP contribution in [-0.4, -0.2) is 34.6 Å². The van der Waals surface area contributed by atoms with Gasteiger partial charge < -0.3 is 10.0 Å². The summed E-state index contributed by atoms with van der Waals surface area (Å²) in [5.74, 6) is 0.228. The molecule has 0 saturated carbocycles. The van der Waals surface area contributed by atoms with Crippen LogP contribution in [0.15, 0.2) is 30.3 Å². The number of piperidine rings is 1. The highest BCUT2D eigenvalue weighted by atomic mass is 16.3. The quantitative estimate of drug-likeness (QED) is 0.904. The van der Waals surface area contributed by atoms with E-state index in [2.05, 4.69) is 12.1 Å². The second-order valence-electron chi connectivity index (χ2n) is 5.72. The number of benzene rings is 1. The van der Waals surface area contributed by atoms with Crippen LogP contribution >= 0.6 is 0 Å². The van der Waals surface area contributed by atoms with Crippen LogP contribution in [0.25, 0.3) is 0 Å². The standard InChI is InChI=1S/C16H23NO2/c1-16(19)10-12-17(13-11-16)15(18)9-5-8-14-6-3-2-4-7-14/h2-4,6-7,19H,5,8-13H2,1H3. The van der Waals surface area contributed by atoms with Crippen LogP contribution in [0.1, 0.15) is 38.2 Å². The third kappa shape index (κ3) is 4.35. The van der Waals surface area contributed by atoms with Crippen molar-refractivity contribution in [1.29, 1.82) is 0 Å². The van der Waals surface area contributed by atoms with Crippen molar-refractivity contribution >= 4 is 5.91 Å². The smallest absolute Gasteiger partial charge is 0.222 e. The van der Waals surface area contributed by atoms with Crippen LogP contribution in [0.3, 0.4) is 0 Å². The van der Waals surface area contributed by atoms with E-state index in [1.807, 2.05) is 30.0 Å². The van der Waals surface area contributed by atoms with E-state index in [0.29, 0.717) is 32.4 Å². The topological polar surface area (TPSA) is 40.5 Å². The molecular formula is C16H23NO2. The maximum atomic E-state index is 12.0. The molecule has 2 rings (SSSR count). The van der Waals surface area contributed by atoms with E-state index >= 15 is 0 Å². The summed E-state index contributed by atoms with van der Waals surface area (Å²) >= 11 is 0. The zero-order valence-corrected chi connectivity index (χ0v) is 11.6. The molecule has 1 aromatic carbocycles. The van der Waals surface area contributed by atoms with E-state index in [0.717, 1.165) is 12.8 Å². The number of amides is 1. The third-order valence-electron chi connectivity index (χ3n) is 3.89. The summed E-state index contributed by atoms with van der Waals surface area (Å²) in [5.41, 5.74) is 0.706. The Kier molecular flexibility index (Phi) is 4.59. The first kappa shape index (κ1) is 14.1. The molecule has 19 heavy (non-hydrogen) atoms. The number of aryl methyl sites for hydroxylation is 1. The summed E-state index contributed by atoms with van der Waals surface area (Å²) < 4.78 is 0. The van der Waals surface area contributed by atoms with Gasteiger partial charge in [-0.25, -0.2) is 0 Å². The highest BCUT2D eigenvalue weighted by Crippen LogP contribution is 2.21. The largest absolute Gasteiger partial charge is 0.390 e. The minimum Gasteiger partial charge on any atom is -0.390 e. The lowest BCUT2D eigenvalue weighted by atomic mass is 9.93. The van der Waals surface area contributed by atoms with Gasteiger partial charge in [-0.15, -0.1) is 0 Å². The second-order valence-corrected chi connectivity index (χ2v) is 5.72. The molecule has 3 heteroatoms. The molecule has 0 atom stereocenters. The van der Waals surface area contributed by atoms with Crippen LogP contribution in [0.2, 0.25) is 0 Å². The third-order valence-corrected chi connectivity index (χ3v) is 3.89. The van der Waals surface area contributed by atoms with Gasteiger partial charge in [0, 0.05) is 19.5 Å². The van der Waals surface area contributed by atoms with Crippen molar-refractivity contribution in [3.63, 3.8) is 0 Å². The van der Waals surface area contributed by atoms with E-state index in [1.54, 1.807) is 0 Å². The van der Waals surface area contributed by atoms with Crippen LogP contribution in [0.5, 0.6) is 0 Å². The van der Waals surface area contributed by atoms with Gasteiger partial charge in [0.15, 0.2) is 0 Å². The highest BCUT2D eigenvalue weighted by Gasteiger charge is 2.29. The maximum Gasteiger partial charge on any atom is 0.222 e. The highest BCUT2D eigenvalue weighted by molar-refractivity contribution is 5.76. The molecule has 1 aromatic rings. The van der Waals surface area contributed by atoms with E-state index in [9.17, 15) is 9.90 Å². The monoisotopic (exact) mass is 261 g/mol. The van der Waals surface area contributed by atoms with Gasteiger partial charge in [-0.1, -0.05) is 30.3 Å². The Morgan fingerprint density at radius 1 is 1.26 bits per heavy atom. The SMILES string of the molecule is CC1(O)CCN(C(=O)CCCc2ccccc2)CC1. The Bertz CT molecular complexity index is 404. The first-order valence-corrected chi connectivity index (χ1v) is 7.11. The van der Waals surface area contributed by atoms with Crippen LogP contribution in [0, 0.1) is 0 Å². The molecule has 1 aliphatic rings. The zero-order valence-electron chi connectivity index (χ0n) is 11.6. The van der Waals surface area contributed by atoms with Gasteiger partial charge in [0.05, 0.1) is 5.60 Å². The summed E-state index contributed by atoms with van der Waals surface area (Å²) in [7, 11) is 0. The predicted octanol–water partition coefficient (Wildman–Crippen LogP) is 2.38. The van der Waals surface area contributed by atoms with Gasteiger partial charge in [0.1, 0.15) is 0 Å². The number of carbonyl (C=O) groups excluding carboxylic acids is 1. The Morgan fingerprint density at radius 2 is 1.89 bits per heavy atom. The number of hydrogen-bond acceptors (Lipinski definition) is 2. The van der Waals surface area contributed by atoms with Gasteiger partial charge in [0.25, 0.3) is 0 Å². The lowest BCUT2D eigenvalue weighted by Gasteiger charge is -2.35. The van der Waals surface area contributed by atoms with Crippen molar-refractivity contribution < 1.29 is 9.90 Å². The lowest BCUT2D eigenvalue weighted by Crippen LogP contribution is -2.45. The van der Waals surface area contributed by atoms with Gasteiger partial charge in [-0.2, -0.15) is 0 Å². The molecule has 0 unspecified atom stereocenters. The summed E-state index contributed by atoms with van der Waals surface area (Å²) in [6.07, 6.45) is 3.85. The molecule has 104 valence electrons. The van der Waals surface area contributed by atoms with Crippen molar-refractivity contribution in [1.82, 2.24) is 4.90 Å². The van der Waals surface area contributed by atoms with E-state index in [1.165, 1.54) is 5.56 Å². The molecule has 1 heterocycles. The van der Waals surface area contributed by atoms with Gasteiger partial charge in [-0.05, 0) is 38.2 Å². The van der Waals surface area contributed by atoms with Gasteiger partial charge >= 0.3 is 0 Å². The second kappa shape index (κ2) is 6.20. The zero-order chi connectivity index (χ0) is 13.7. The summed E-state index contributed by atoms with van der Waals surface area (Å²) in [6.45, 7) is 3.23. The Hall–Kier alpha value is -1.35. The molecule has 3 nitrogen and oxygen atoms in total. The van der Waals surface area contributed by atoms with E-state index < -0.39 is 5.60 Å². The van der Waals surface area contributed by atoms with Crippen molar-refractivity contribution in [3.8, 4) is 0 Å². The first-order valence-electron chi connectivity index (χ1n) is 7.11. The van der Waals surface area contributed by atoms with Gasteiger partial charge in [0.2, 0.25) is 5.91 Å². The van der Waals surface area contributed by atoms with Crippen LogP contribution < -0.4 is 0 Å². The predicted molar refractivity (Wildman–Crippen MR) is 75.8 cm³/mol. The van der Waals surface area contributed by atoms with Crippen molar-refractivity contribution in [2.45, 2.75) is 44.6 Å². The molecule has 0 aliphatic carbocycles. The molecule has 1 N–H and O–H groups in total. The number of carbonyl (C=O) groups is 1. The number of hydrogen-bond donors (Lipinski definition) is 1. The Labute approximate surface area is 115 Å². The summed E-state index contributed by atoms with van der Waals surface area (Å²) in [6, 6.07) is 10.3. The number of aliphatic hydroxyl groups is 1. The molecule has 1 saturated heterocycles. The van der Waals surface area contributed by atoms with Crippen LogP contribution in [0.4, 0.5) is 0 Å². The molecule has 0 aromatic heterocycles. The molecule has 0 bridgehead atoms. The molecule has 0 radical (unpaired) electrons. The van der Waals surface area contributed by atoms with E-state index in [-0.39, 0.29) is 5.91 Å². The Morgan fingerprint density at radius 3 is 2.53 bits per heavy atom. The fraction of sp³-hybridized carbons (Fsp3) is 0.562. The fourth-order valence-corrected chi connectivity index (χ4v) is 2.48. The molecule has 1 aliphatic heterocycles. The molecule has 0 spiro atoms. The van der Waals surface area contributed by atoms with Crippen molar-refractivity contribution in [2.24, 2.45) is 0 Å². The first-order chi connectivity index (χ1) is 9.07. The normalized spacial score (nSPS) is 18.3. The average Bonchev–Trinajstić information content (AvgIpc) is 2.39. The average molecular weight is 261 g/mol. The number of likely N-dealkylation sites (tertiary alicyclic amines) is 1. The fourth-order valence-electron chi connectivity index (χ4n) is 2.48. The molecular weight excluding hydrogens is 238 g/mol. The molecule has 1 fully saturated rings. The minimum atomic E-state index is -0.583. The van der Waals surface area contributed by atoms with E-state index in [4.69, 9.17) is 0 Å². The molecule has 1 amide bonds. The summed E-state index contributed by atoms with van der Waals surface area (Å²) in [5, 5.41) is 9.86.